The van der Waals surface area contributed by atoms with Gasteiger partial charge in [-0.25, -0.2) is 0 Å². The van der Waals surface area contributed by atoms with Crippen molar-refractivity contribution in [2.75, 3.05) is 20.2 Å². The topological polar surface area (TPSA) is 60.6 Å². The van der Waals surface area contributed by atoms with Crippen molar-refractivity contribution in [3.05, 3.63) is 89.7 Å². The summed E-state index contributed by atoms with van der Waals surface area (Å²) in [5.41, 5.74) is 9.79. The number of nitrogens with zero attached hydrogens (tertiary/aromatic N) is 2. The molecule has 5 nitrogen and oxygen atoms in total. The number of nitrogens with two attached hydrogens (primary N) is 1. The zero-order valence-electron chi connectivity index (χ0n) is 16.7. The predicted octanol–water partition coefficient (Wildman–Crippen LogP) is 3.60. The van der Waals surface area contributed by atoms with E-state index in [9.17, 15) is 0 Å². The van der Waals surface area contributed by atoms with Gasteiger partial charge in [-0.3, -0.25) is 9.88 Å². The number of hydrogen-bond donors (Lipinski definition) is 1. The molecule has 0 aliphatic carbocycles. The number of pyridine rings is 1. The molecule has 2 heterocycles. The van der Waals surface area contributed by atoms with E-state index in [1.165, 1.54) is 5.56 Å². The Hall–Kier alpha value is -2.89. The molecule has 0 amide bonds. The molecular formula is C24H27N3O2. The highest BCUT2D eigenvalue weighted by Gasteiger charge is 2.31. The molecule has 1 fully saturated rings. The SMILES string of the molecule is COc1ccc(OCc2ccccn2)c(CN2C[C@@H](N)[C@H](c3ccccc3)C2)c1. The second-order valence-corrected chi connectivity index (χ2v) is 7.46. The van der Waals surface area contributed by atoms with Crippen molar-refractivity contribution in [1.29, 1.82) is 0 Å². The summed E-state index contributed by atoms with van der Waals surface area (Å²) >= 11 is 0. The highest BCUT2D eigenvalue weighted by molar-refractivity contribution is 5.40. The molecule has 0 unspecified atom stereocenters. The van der Waals surface area contributed by atoms with E-state index >= 15 is 0 Å². The molecule has 4 rings (SSSR count). The third-order valence-electron chi connectivity index (χ3n) is 5.43. The normalized spacial score (nSPS) is 19.2. The molecule has 2 aromatic carbocycles. The molecule has 1 aliphatic rings. The van der Waals surface area contributed by atoms with Gasteiger partial charge in [0.05, 0.1) is 12.8 Å². The van der Waals surface area contributed by atoms with Crippen molar-refractivity contribution in [3.8, 4) is 11.5 Å². The summed E-state index contributed by atoms with van der Waals surface area (Å²) < 4.78 is 11.5. The largest absolute Gasteiger partial charge is 0.497 e. The summed E-state index contributed by atoms with van der Waals surface area (Å²) in [6.45, 7) is 3.00. The number of rotatable bonds is 7. The van der Waals surface area contributed by atoms with Gasteiger partial charge in [-0.05, 0) is 35.9 Å². The van der Waals surface area contributed by atoms with Gasteiger partial charge in [0.2, 0.25) is 0 Å². The average molecular weight is 389 g/mol. The van der Waals surface area contributed by atoms with Crippen molar-refractivity contribution >= 4 is 0 Å². The number of methoxy groups -OCH3 is 1. The fourth-order valence-electron chi connectivity index (χ4n) is 3.92. The van der Waals surface area contributed by atoms with Crippen LogP contribution in [0.15, 0.2) is 72.9 Å². The number of ether oxygens (including phenoxy) is 2. The lowest BCUT2D eigenvalue weighted by Crippen LogP contribution is -2.28. The first-order valence-corrected chi connectivity index (χ1v) is 9.95. The summed E-state index contributed by atoms with van der Waals surface area (Å²) in [5, 5.41) is 0. The lowest BCUT2D eigenvalue weighted by molar-refractivity contribution is 0.279. The first-order valence-electron chi connectivity index (χ1n) is 9.95. The van der Waals surface area contributed by atoms with Gasteiger partial charge >= 0.3 is 0 Å². The average Bonchev–Trinajstić information content (AvgIpc) is 3.14. The Morgan fingerprint density at radius 3 is 2.62 bits per heavy atom. The van der Waals surface area contributed by atoms with Crippen molar-refractivity contribution in [2.45, 2.75) is 25.1 Å². The van der Waals surface area contributed by atoms with Crippen LogP contribution >= 0.6 is 0 Å². The minimum Gasteiger partial charge on any atom is -0.497 e. The minimum absolute atomic E-state index is 0.126. The van der Waals surface area contributed by atoms with Gasteiger partial charge in [-0.1, -0.05) is 36.4 Å². The number of likely N-dealkylation sites (tertiary alicyclic amines) is 1. The van der Waals surface area contributed by atoms with Crippen LogP contribution in [0.5, 0.6) is 11.5 Å². The van der Waals surface area contributed by atoms with Gasteiger partial charge in [0, 0.05) is 43.4 Å². The van der Waals surface area contributed by atoms with Gasteiger partial charge in [-0.15, -0.1) is 0 Å². The molecule has 0 spiro atoms. The smallest absolute Gasteiger partial charge is 0.130 e. The highest BCUT2D eigenvalue weighted by atomic mass is 16.5. The van der Waals surface area contributed by atoms with Gasteiger partial charge in [0.25, 0.3) is 0 Å². The van der Waals surface area contributed by atoms with E-state index in [1.807, 2.05) is 36.4 Å². The molecule has 5 heteroatoms. The molecule has 0 saturated carbocycles. The van der Waals surface area contributed by atoms with Crippen molar-refractivity contribution in [1.82, 2.24) is 9.88 Å². The fourth-order valence-corrected chi connectivity index (χ4v) is 3.92. The molecule has 0 radical (unpaired) electrons. The van der Waals surface area contributed by atoms with Crippen LogP contribution < -0.4 is 15.2 Å². The van der Waals surface area contributed by atoms with Crippen LogP contribution in [0.3, 0.4) is 0 Å². The maximum atomic E-state index is 6.48. The number of hydrogen-bond acceptors (Lipinski definition) is 5. The van der Waals surface area contributed by atoms with E-state index in [2.05, 4.69) is 40.2 Å². The Kier molecular flexibility index (Phi) is 6.08. The minimum atomic E-state index is 0.126. The van der Waals surface area contributed by atoms with E-state index in [0.29, 0.717) is 12.5 Å². The lowest BCUT2D eigenvalue weighted by Gasteiger charge is -2.19. The van der Waals surface area contributed by atoms with Crippen LogP contribution in [0.1, 0.15) is 22.7 Å². The first kappa shape index (κ1) is 19.4. The van der Waals surface area contributed by atoms with Crippen LogP contribution in [0.4, 0.5) is 0 Å². The van der Waals surface area contributed by atoms with Crippen molar-refractivity contribution < 1.29 is 9.47 Å². The first-order chi connectivity index (χ1) is 14.2. The molecular weight excluding hydrogens is 362 g/mol. The molecule has 1 saturated heterocycles. The number of aromatic nitrogens is 1. The standard InChI is InChI=1S/C24H27N3O2/c1-28-21-10-11-24(29-17-20-9-5-6-12-26-20)19(13-21)14-27-15-22(23(25)16-27)18-7-3-2-4-8-18/h2-13,22-23H,14-17,25H2,1H3/t22-,23+/m0/s1. The Morgan fingerprint density at radius 2 is 1.86 bits per heavy atom. The second kappa shape index (κ2) is 9.07. The Balaban J connectivity index is 1.48. The van der Waals surface area contributed by atoms with E-state index in [4.69, 9.17) is 15.2 Å². The van der Waals surface area contributed by atoms with E-state index in [0.717, 1.165) is 42.4 Å². The molecule has 3 aromatic rings. The van der Waals surface area contributed by atoms with Gasteiger partial charge < -0.3 is 15.2 Å². The van der Waals surface area contributed by atoms with Crippen LogP contribution in [0.2, 0.25) is 0 Å². The molecule has 2 N–H and O–H groups in total. The zero-order chi connectivity index (χ0) is 20.1. The summed E-state index contributed by atoms with van der Waals surface area (Å²) in [6.07, 6.45) is 1.78. The lowest BCUT2D eigenvalue weighted by atomic mass is 9.95. The predicted molar refractivity (Wildman–Crippen MR) is 114 cm³/mol. The summed E-state index contributed by atoms with van der Waals surface area (Å²) in [4.78, 5) is 6.73. The van der Waals surface area contributed by atoms with Crippen LogP contribution in [-0.2, 0) is 13.2 Å². The van der Waals surface area contributed by atoms with E-state index < -0.39 is 0 Å². The van der Waals surface area contributed by atoms with Crippen LogP contribution in [0, 0.1) is 0 Å². The molecule has 0 bridgehead atoms. The molecule has 2 atom stereocenters. The monoisotopic (exact) mass is 389 g/mol. The molecule has 1 aromatic heterocycles. The van der Waals surface area contributed by atoms with Gasteiger partial charge in [-0.2, -0.15) is 0 Å². The Labute approximate surface area is 172 Å². The maximum absolute atomic E-state index is 6.48. The Bertz CT molecular complexity index is 918. The van der Waals surface area contributed by atoms with Crippen molar-refractivity contribution in [2.24, 2.45) is 5.73 Å². The highest BCUT2D eigenvalue weighted by Crippen LogP contribution is 2.31. The van der Waals surface area contributed by atoms with Crippen LogP contribution in [-0.4, -0.2) is 36.1 Å². The molecule has 150 valence electrons. The second-order valence-electron chi connectivity index (χ2n) is 7.46. The number of benzene rings is 2. The summed E-state index contributed by atoms with van der Waals surface area (Å²) in [5.74, 6) is 2.03. The molecule has 29 heavy (non-hydrogen) atoms. The van der Waals surface area contributed by atoms with Gasteiger partial charge in [0.15, 0.2) is 0 Å². The summed E-state index contributed by atoms with van der Waals surface area (Å²) in [7, 11) is 1.69. The summed E-state index contributed by atoms with van der Waals surface area (Å²) in [6, 6.07) is 22.5. The third-order valence-corrected chi connectivity index (χ3v) is 5.43. The zero-order valence-corrected chi connectivity index (χ0v) is 16.7. The maximum Gasteiger partial charge on any atom is 0.130 e. The molecule has 1 aliphatic heterocycles. The van der Waals surface area contributed by atoms with Gasteiger partial charge in [0.1, 0.15) is 18.1 Å². The third kappa shape index (κ3) is 4.75. The quantitative estimate of drug-likeness (QED) is 0.669. The van der Waals surface area contributed by atoms with Crippen molar-refractivity contribution in [3.63, 3.8) is 0 Å². The van der Waals surface area contributed by atoms with E-state index in [-0.39, 0.29) is 6.04 Å². The fraction of sp³-hybridized carbons (Fsp3) is 0.292. The Morgan fingerprint density at radius 1 is 1.03 bits per heavy atom. The van der Waals surface area contributed by atoms with E-state index in [1.54, 1.807) is 13.3 Å². The van der Waals surface area contributed by atoms with Crippen LogP contribution in [0.25, 0.3) is 0 Å².